The zero-order chi connectivity index (χ0) is 15.4. The Bertz CT molecular complexity index is 256. The summed E-state index contributed by atoms with van der Waals surface area (Å²) in [7, 11) is 0. The zero-order valence-corrected chi connectivity index (χ0v) is 14.0. The number of hydrogen-bond acceptors (Lipinski definition) is 4. The van der Waals surface area contributed by atoms with Crippen molar-refractivity contribution in [2.75, 3.05) is 26.4 Å². The summed E-state index contributed by atoms with van der Waals surface area (Å²) in [5.41, 5.74) is -0.590. The highest BCUT2D eigenvalue weighted by atomic mass is 16.5. The van der Waals surface area contributed by atoms with Gasteiger partial charge in [-0.15, -0.1) is 0 Å². The van der Waals surface area contributed by atoms with E-state index in [1.807, 2.05) is 13.8 Å². The van der Waals surface area contributed by atoms with Gasteiger partial charge in [-0.2, -0.15) is 0 Å². The molecule has 1 N–H and O–H groups in total. The Labute approximate surface area is 124 Å². The van der Waals surface area contributed by atoms with Crippen molar-refractivity contribution in [2.24, 2.45) is 5.92 Å². The molecule has 0 saturated heterocycles. The van der Waals surface area contributed by atoms with Gasteiger partial charge in [0.1, 0.15) is 5.54 Å². The lowest BCUT2D eigenvalue weighted by molar-refractivity contribution is -0.151. The third-order valence-electron chi connectivity index (χ3n) is 3.30. The maximum atomic E-state index is 12.1. The number of ether oxygens (including phenoxy) is 2. The largest absolute Gasteiger partial charge is 0.465 e. The molecule has 1 unspecified atom stereocenters. The molecule has 0 aromatic carbocycles. The lowest BCUT2D eigenvalue weighted by Gasteiger charge is -2.28. The van der Waals surface area contributed by atoms with E-state index in [2.05, 4.69) is 26.1 Å². The van der Waals surface area contributed by atoms with Crippen LogP contribution in [0.15, 0.2) is 0 Å². The SMILES string of the molecule is CCCNC(C)(CCCOCCC(C)C)C(=O)OCC. The smallest absolute Gasteiger partial charge is 0.326 e. The number of carbonyl (C=O) groups excluding carboxylic acids is 1. The van der Waals surface area contributed by atoms with Gasteiger partial charge in [0, 0.05) is 13.2 Å². The predicted octanol–water partition coefficient (Wildman–Crippen LogP) is 3.15. The first-order chi connectivity index (χ1) is 9.46. The van der Waals surface area contributed by atoms with Crippen LogP contribution in [0.3, 0.4) is 0 Å². The number of esters is 1. The van der Waals surface area contributed by atoms with Crippen molar-refractivity contribution in [1.82, 2.24) is 5.32 Å². The van der Waals surface area contributed by atoms with Crippen LogP contribution < -0.4 is 5.32 Å². The molecule has 0 radical (unpaired) electrons. The Kier molecular flexibility index (Phi) is 10.8. The molecular formula is C16H33NO3. The molecule has 20 heavy (non-hydrogen) atoms. The van der Waals surface area contributed by atoms with Crippen LogP contribution in [0.1, 0.15) is 60.3 Å². The van der Waals surface area contributed by atoms with Crippen LogP contribution in [0.4, 0.5) is 0 Å². The Morgan fingerprint density at radius 2 is 1.95 bits per heavy atom. The van der Waals surface area contributed by atoms with Gasteiger partial charge < -0.3 is 14.8 Å². The Balaban J connectivity index is 4.06. The van der Waals surface area contributed by atoms with E-state index >= 15 is 0 Å². The minimum Gasteiger partial charge on any atom is -0.465 e. The van der Waals surface area contributed by atoms with Crippen LogP contribution in [-0.2, 0) is 14.3 Å². The van der Waals surface area contributed by atoms with Crippen LogP contribution in [0.5, 0.6) is 0 Å². The first-order valence-electron chi connectivity index (χ1n) is 7.96. The van der Waals surface area contributed by atoms with Gasteiger partial charge in [-0.25, -0.2) is 0 Å². The third kappa shape index (κ3) is 8.54. The van der Waals surface area contributed by atoms with Crippen molar-refractivity contribution in [3.63, 3.8) is 0 Å². The highest BCUT2D eigenvalue weighted by Gasteiger charge is 2.33. The normalized spacial score (nSPS) is 14.3. The van der Waals surface area contributed by atoms with Crippen LogP contribution in [0, 0.1) is 5.92 Å². The third-order valence-corrected chi connectivity index (χ3v) is 3.30. The van der Waals surface area contributed by atoms with Crippen molar-refractivity contribution in [1.29, 1.82) is 0 Å². The average Bonchev–Trinajstić information content (AvgIpc) is 2.40. The molecule has 1 atom stereocenters. The molecule has 0 aliphatic carbocycles. The summed E-state index contributed by atoms with van der Waals surface area (Å²) in [6, 6.07) is 0. The number of nitrogens with one attached hydrogen (secondary N) is 1. The molecule has 0 spiro atoms. The molecule has 0 saturated carbocycles. The Morgan fingerprint density at radius 1 is 1.25 bits per heavy atom. The van der Waals surface area contributed by atoms with Gasteiger partial charge in [-0.3, -0.25) is 4.79 Å². The standard InChI is InChI=1S/C16H33NO3/c1-6-11-17-16(5,15(18)20-7-2)10-8-12-19-13-9-14(3)4/h14,17H,6-13H2,1-5H3. The topological polar surface area (TPSA) is 47.6 Å². The van der Waals surface area contributed by atoms with Crippen LogP contribution in [0.2, 0.25) is 0 Å². The predicted molar refractivity (Wildman–Crippen MR) is 82.8 cm³/mol. The van der Waals surface area contributed by atoms with Crippen molar-refractivity contribution < 1.29 is 14.3 Å². The van der Waals surface area contributed by atoms with E-state index in [1.165, 1.54) is 0 Å². The van der Waals surface area contributed by atoms with E-state index in [-0.39, 0.29) is 5.97 Å². The van der Waals surface area contributed by atoms with Gasteiger partial charge in [0.15, 0.2) is 0 Å². The van der Waals surface area contributed by atoms with Gasteiger partial charge in [-0.05, 0) is 52.0 Å². The summed E-state index contributed by atoms with van der Waals surface area (Å²) in [5.74, 6) is 0.515. The van der Waals surface area contributed by atoms with E-state index in [4.69, 9.17) is 9.47 Å². The quantitative estimate of drug-likeness (QED) is 0.442. The molecule has 0 amide bonds. The molecule has 0 aliphatic rings. The van der Waals surface area contributed by atoms with E-state index < -0.39 is 5.54 Å². The zero-order valence-electron chi connectivity index (χ0n) is 14.0. The van der Waals surface area contributed by atoms with Gasteiger partial charge in [-0.1, -0.05) is 20.8 Å². The van der Waals surface area contributed by atoms with E-state index in [1.54, 1.807) is 0 Å². The molecule has 4 heteroatoms. The number of carbonyl (C=O) groups is 1. The maximum absolute atomic E-state index is 12.1. The minimum atomic E-state index is -0.590. The average molecular weight is 287 g/mol. The molecule has 4 nitrogen and oxygen atoms in total. The van der Waals surface area contributed by atoms with Crippen molar-refractivity contribution in [3.05, 3.63) is 0 Å². The van der Waals surface area contributed by atoms with Gasteiger partial charge in [0.05, 0.1) is 6.61 Å². The van der Waals surface area contributed by atoms with Crippen LogP contribution in [0.25, 0.3) is 0 Å². The molecule has 0 aliphatic heterocycles. The van der Waals surface area contributed by atoms with Crippen LogP contribution in [-0.4, -0.2) is 37.9 Å². The van der Waals surface area contributed by atoms with Crippen molar-refractivity contribution in [2.45, 2.75) is 65.8 Å². The lowest BCUT2D eigenvalue weighted by Crippen LogP contribution is -2.50. The molecule has 0 bridgehead atoms. The second-order valence-corrected chi connectivity index (χ2v) is 5.88. The molecule has 0 heterocycles. The van der Waals surface area contributed by atoms with Crippen LogP contribution >= 0.6 is 0 Å². The number of hydrogen-bond donors (Lipinski definition) is 1. The monoisotopic (exact) mass is 287 g/mol. The molecule has 120 valence electrons. The van der Waals surface area contributed by atoms with Crippen molar-refractivity contribution in [3.8, 4) is 0 Å². The maximum Gasteiger partial charge on any atom is 0.326 e. The van der Waals surface area contributed by atoms with E-state index in [9.17, 15) is 4.79 Å². The summed E-state index contributed by atoms with van der Waals surface area (Å²) >= 11 is 0. The first-order valence-corrected chi connectivity index (χ1v) is 7.96. The van der Waals surface area contributed by atoms with Crippen molar-refractivity contribution >= 4 is 5.97 Å². The Hall–Kier alpha value is -0.610. The molecule has 0 aromatic rings. The Morgan fingerprint density at radius 3 is 2.50 bits per heavy atom. The fourth-order valence-corrected chi connectivity index (χ4v) is 1.90. The van der Waals surface area contributed by atoms with Gasteiger partial charge >= 0.3 is 5.97 Å². The summed E-state index contributed by atoms with van der Waals surface area (Å²) in [5, 5.41) is 3.31. The molecule has 0 aromatic heterocycles. The summed E-state index contributed by atoms with van der Waals surface area (Å²) in [4.78, 5) is 12.1. The highest BCUT2D eigenvalue weighted by Crippen LogP contribution is 2.15. The highest BCUT2D eigenvalue weighted by molar-refractivity contribution is 5.80. The fraction of sp³-hybridized carbons (Fsp3) is 0.938. The summed E-state index contributed by atoms with van der Waals surface area (Å²) in [6.45, 7) is 13.0. The molecule has 0 rings (SSSR count). The van der Waals surface area contributed by atoms with E-state index in [0.717, 1.165) is 38.8 Å². The van der Waals surface area contributed by atoms with Gasteiger partial charge in [0.25, 0.3) is 0 Å². The first kappa shape index (κ1) is 19.4. The minimum absolute atomic E-state index is 0.157. The van der Waals surface area contributed by atoms with Gasteiger partial charge in [0.2, 0.25) is 0 Å². The second-order valence-electron chi connectivity index (χ2n) is 5.88. The summed E-state index contributed by atoms with van der Waals surface area (Å²) in [6.07, 6.45) is 3.70. The summed E-state index contributed by atoms with van der Waals surface area (Å²) < 4.78 is 10.8. The lowest BCUT2D eigenvalue weighted by atomic mass is 9.95. The molecule has 0 fully saturated rings. The number of rotatable bonds is 12. The van der Waals surface area contributed by atoms with E-state index in [0.29, 0.717) is 19.1 Å². The molecular weight excluding hydrogens is 254 g/mol. The second kappa shape index (κ2) is 11.1. The fourth-order valence-electron chi connectivity index (χ4n) is 1.90.